The van der Waals surface area contributed by atoms with E-state index in [0.29, 0.717) is 22.7 Å². The van der Waals surface area contributed by atoms with E-state index < -0.39 is 5.97 Å². The predicted octanol–water partition coefficient (Wildman–Crippen LogP) is 2.84. The van der Waals surface area contributed by atoms with Gasteiger partial charge in [-0.2, -0.15) is 0 Å². The molecule has 1 unspecified atom stereocenters. The van der Waals surface area contributed by atoms with E-state index in [1.807, 2.05) is 4.90 Å². The van der Waals surface area contributed by atoms with Crippen LogP contribution in [-0.4, -0.2) is 40.0 Å². The highest BCUT2D eigenvalue weighted by Crippen LogP contribution is 2.34. The Hall–Kier alpha value is -1.78. The van der Waals surface area contributed by atoms with Crippen LogP contribution in [0.3, 0.4) is 0 Å². The number of carbonyl (C=O) groups is 2. The number of amides is 1. The molecule has 1 aromatic heterocycles. The molecular formula is C16H24N2O3. The molecule has 21 heavy (non-hydrogen) atoms. The van der Waals surface area contributed by atoms with Crippen LogP contribution in [-0.2, 0) is 0 Å². The van der Waals surface area contributed by atoms with Crippen molar-refractivity contribution in [1.82, 2.24) is 9.88 Å². The second-order valence-corrected chi connectivity index (χ2v) is 7.03. The van der Waals surface area contributed by atoms with E-state index in [0.717, 1.165) is 19.5 Å². The maximum absolute atomic E-state index is 12.7. The number of aromatic carboxylic acids is 1. The molecule has 0 aromatic carbocycles. The molecule has 5 nitrogen and oxygen atoms in total. The first-order chi connectivity index (χ1) is 9.62. The molecule has 5 heteroatoms. The van der Waals surface area contributed by atoms with E-state index in [9.17, 15) is 9.59 Å². The summed E-state index contributed by atoms with van der Waals surface area (Å²) in [6, 6.07) is 0. The molecule has 1 fully saturated rings. The minimum absolute atomic E-state index is 0.0551. The van der Waals surface area contributed by atoms with Gasteiger partial charge in [0.05, 0.1) is 5.56 Å². The number of carbonyl (C=O) groups excluding carboxylic acids is 1. The number of H-pyrrole nitrogens is 1. The number of hydrogen-bond donors (Lipinski definition) is 2. The van der Waals surface area contributed by atoms with E-state index in [2.05, 4.69) is 25.8 Å². The van der Waals surface area contributed by atoms with Crippen LogP contribution in [0.2, 0.25) is 0 Å². The zero-order chi connectivity index (χ0) is 15.9. The van der Waals surface area contributed by atoms with Crippen molar-refractivity contribution in [3.63, 3.8) is 0 Å². The monoisotopic (exact) mass is 292 g/mol. The van der Waals surface area contributed by atoms with E-state index in [1.54, 1.807) is 13.8 Å². The van der Waals surface area contributed by atoms with E-state index in [1.165, 1.54) is 0 Å². The summed E-state index contributed by atoms with van der Waals surface area (Å²) >= 11 is 0. The summed E-state index contributed by atoms with van der Waals surface area (Å²) in [5.74, 6) is -0.593. The normalized spacial score (nSPS) is 19.1. The number of hydrogen-bond acceptors (Lipinski definition) is 2. The van der Waals surface area contributed by atoms with Crippen molar-refractivity contribution in [2.45, 2.75) is 41.0 Å². The SMILES string of the molecule is Cc1[nH]c(C(=O)O)c(C)c1C(=O)N1CCC(C(C)(C)C)C1. The van der Waals surface area contributed by atoms with Crippen LogP contribution >= 0.6 is 0 Å². The molecule has 2 N–H and O–H groups in total. The zero-order valence-electron chi connectivity index (χ0n) is 13.4. The summed E-state index contributed by atoms with van der Waals surface area (Å²) in [7, 11) is 0. The van der Waals surface area contributed by atoms with Gasteiger partial charge in [-0.25, -0.2) is 4.79 Å². The van der Waals surface area contributed by atoms with Crippen molar-refractivity contribution in [3.05, 3.63) is 22.5 Å². The van der Waals surface area contributed by atoms with Gasteiger partial charge in [0.25, 0.3) is 5.91 Å². The van der Waals surface area contributed by atoms with Crippen LogP contribution < -0.4 is 0 Å². The Labute approximate surface area is 125 Å². The summed E-state index contributed by atoms with van der Waals surface area (Å²) in [6.07, 6.45) is 1.00. The topological polar surface area (TPSA) is 73.4 Å². The molecule has 1 aliphatic heterocycles. The number of nitrogens with one attached hydrogen (secondary N) is 1. The first-order valence-electron chi connectivity index (χ1n) is 7.34. The Morgan fingerprint density at radius 2 is 1.90 bits per heavy atom. The van der Waals surface area contributed by atoms with Crippen molar-refractivity contribution >= 4 is 11.9 Å². The van der Waals surface area contributed by atoms with Gasteiger partial charge in [-0.05, 0) is 37.2 Å². The number of aryl methyl sites for hydroxylation is 1. The molecule has 1 aromatic rings. The second kappa shape index (κ2) is 5.20. The van der Waals surface area contributed by atoms with E-state index in [4.69, 9.17) is 5.11 Å². The van der Waals surface area contributed by atoms with Crippen LogP contribution in [0, 0.1) is 25.2 Å². The van der Waals surface area contributed by atoms with Gasteiger partial charge in [0.15, 0.2) is 0 Å². The van der Waals surface area contributed by atoms with Crippen molar-refractivity contribution < 1.29 is 14.7 Å². The van der Waals surface area contributed by atoms with Crippen molar-refractivity contribution in [3.8, 4) is 0 Å². The number of aromatic nitrogens is 1. The molecule has 0 bridgehead atoms. The number of nitrogens with zero attached hydrogens (tertiary/aromatic N) is 1. The predicted molar refractivity (Wildman–Crippen MR) is 80.7 cm³/mol. The first kappa shape index (κ1) is 15.6. The van der Waals surface area contributed by atoms with Gasteiger partial charge >= 0.3 is 5.97 Å². The Balaban J connectivity index is 2.25. The molecular weight excluding hydrogens is 268 g/mol. The fourth-order valence-corrected chi connectivity index (χ4v) is 3.09. The highest BCUT2D eigenvalue weighted by molar-refractivity contribution is 6.00. The van der Waals surface area contributed by atoms with Crippen molar-refractivity contribution in [1.29, 1.82) is 0 Å². The van der Waals surface area contributed by atoms with Crippen LogP contribution in [0.25, 0.3) is 0 Å². The fourth-order valence-electron chi connectivity index (χ4n) is 3.09. The molecule has 1 aliphatic rings. The minimum Gasteiger partial charge on any atom is -0.477 e. The minimum atomic E-state index is -1.02. The van der Waals surface area contributed by atoms with E-state index in [-0.39, 0.29) is 17.0 Å². The lowest BCUT2D eigenvalue weighted by Gasteiger charge is -2.27. The zero-order valence-corrected chi connectivity index (χ0v) is 13.4. The molecule has 1 amide bonds. The lowest BCUT2D eigenvalue weighted by atomic mass is 9.80. The molecule has 0 saturated carbocycles. The molecule has 1 atom stereocenters. The first-order valence-corrected chi connectivity index (χ1v) is 7.34. The molecule has 0 aliphatic carbocycles. The summed E-state index contributed by atoms with van der Waals surface area (Å²) in [4.78, 5) is 28.5. The van der Waals surface area contributed by atoms with Gasteiger partial charge in [-0.1, -0.05) is 20.8 Å². The second-order valence-electron chi connectivity index (χ2n) is 7.03. The largest absolute Gasteiger partial charge is 0.477 e. The Morgan fingerprint density at radius 1 is 1.29 bits per heavy atom. The van der Waals surface area contributed by atoms with Crippen molar-refractivity contribution in [2.24, 2.45) is 11.3 Å². The lowest BCUT2D eigenvalue weighted by molar-refractivity contribution is 0.0690. The quantitative estimate of drug-likeness (QED) is 0.880. The van der Waals surface area contributed by atoms with Crippen LogP contribution in [0.5, 0.6) is 0 Å². The number of aromatic amines is 1. The Bertz CT molecular complexity index is 581. The number of rotatable bonds is 2. The molecule has 2 heterocycles. The maximum atomic E-state index is 12.7. The van der Waals surface area contributed by atoms with Crippen LogP contribution in [0.4, 0.5) is 0 Å². The van der Waals surface area contributed by atoms with Gasteiger partial charge in [0.2, 0.25) is 0 Å². The highest BCUT2D eigenvalue weighted by atomic mass is 16.4. The summed E-state index contributed by atoms with van der Waals surface area (Å²) in [5.41, 5.74) is 1.98. The van der Waals surface area contributed by atoms with Gasteiger partial charge in [0, 0.05) is 18.8 Å². The lowest BCUT2D eigenvalue weighted by Crippen LogP contribution is -2.31. The van der Waals surface area contributed by atoms with Crippen LogP contribution in [0.1, 0.15) is 59.3 Å². The maximum Gasteiger partial charge on any atom is 0.352 e. The Kier molecular flexibility index (Phi) is 3.87. The van der Waals surface area contributed by atoms with Crippen molar-refractivity contribution in [2.75, 3.05) is 13.1 Å². The molecule has 0 spiro atoms. The van der Waals surface area contributed by atoms with Gasteiger partial charge in [0.1, 0.15) is 5.69 Å². The molecule has 116 valence electrons. The smallest absolute Gasteiger partial charge is 0.352 e. The number of likely N-dealkylation sites (tertiary alicyclic amines) is 1. The van der Waals surface area contributed by atoms with Gasteiger partial charge < -0.3 is 15.0 Å². The molecule has 2 rings (SSSR count). The average Bonchev–Trinajstić information content (AvgIpc) is 2.93. The van der Waals surface area contributed by atoms with Gasteiger partial charge in [-0.3, -0.25) is 4.79 Å². The Morgan fingerprint density at radius 3 is 2.33 bits per heavy atom. The third-order valence-electron chi connectivity index (χ3n) is 4.57. The number of carboxylic acids is 1. The van der Waals surface area contributed by atoms with E-state index >= 15 is 0 Å². The average molecular weight is 292 g/mol. The van der Waals surface area contributed by atoms with Gasteiger partial charge in [-0.15, -0.1) is 0 Å². The molecule has 1 saturated heterocycles. The molecule has 0 radical (unpaired) electrons. The third kappa shape index (κ3) is 2.82. The fraction of sp³-hybridized carbons (Fsp3) is 0.625. The highest BCUT2D eigenvalue weighted by Gasteiger charge is 2.35. The van der Waals surface area contributed by atoms with Crippen LogP contribution in [0.15, 0.2) is 0 Å². The summed E-state index contributed by atoms with van der Waals surface area (Å²) < 4.78 is 0. The summed E-state index contributed by atoms with van der Waals surface area (Å²) in [6.45, 7) is 11.5. The summed E-state index contributed by atoms with van der Waals surface area (Å²) in [5, 5.41) is 9.14. The third-order valence-corrected chi connectivity index (χ3v) is 4.57. The number of carboxylic acid groups (broad SMARTS) is 1. The standard InChI is InChI=1S/C16H24N2O3/c1-9-12(10(2)17-13(9)15(20)21)14(19)18-7-6-11(8-18)16(3,4)5/h11,17H,6-8H2,1-5H3,(H,20,21).